The summed E-state index contributed by atoms with van der Waals surface area (Å²) < 4.78 is 10.5. The summed E-state index contributed by atoms with van der Waals surface area (Å²) in [5.74, 6) is 1.61. The van der Waals surface area contributed by atoms with Crippen molar-refractivity contribution in [3.8, 4) is 11.5 Å². The molecule has 0 saturated carbocycles. The minimum absolute atomic E-state index is 0.251. The predicted octanol–water partition coefficient (Wildman–Crippen LogP) is 4.17. The van der Waals surface area contributed by atoms with Gasteiger partial charge < -0.3 is 20.1 Å². The van der Waals surface area contributed by atoms with E-state index in [2.05, 4.69) is 20.6 Å². The Labute approximate surface area is 161 Å². The molecule has 0 unspecified atom stereocenters. The summed E-state index contributed by atoms with van der Waals surface area (Å²) in [5.41, 5.74) is 2.29. The summed E-state index contributed by atoms with van der Waals surface area (Å²) in [7, 11) is 3.12. The van der Waals surface area contributed by atoms with E-state index in [0.29, 0.717) is 38.7 Å². The summed E-state index contributed by atoms with van der Waals surface area (Å²) in [6.45, 7) is 3.78. The van der Waals surface area contributed by atoms with Crippen LogP contribution in [-0.4, -0.2) is 30.1 Å². The number of anilines is 3. The first kappa shape index (κ1) is 18.7. The molecule has 0 saturated heterocycles. The summed E-state index contributed by atoms with van der Waals surface area (Å²) >= 11 is 1.27. The number of carbonyl (C=O) groups excluding carboxylic acids is 1. The summed E-state index contributed by atoms with van der Waals surface area (Å²) in [6.07, 6.45) is 1.72. The van der Waals surface area contributed by atoms with E-state index in [-0.39, 0.29) is 5.91 Å². The van der Waals surface area contributed by atoms with E-state index in [0.717, 1.165) is 5.56 Å². The van der Waals surface area contributed by atoms with E-state index >= 15 is 0 Å². The molecule has 1 amide bonds. The van der Waals surface area contributed by atoms with Crippen molar-refractivity contribution in [3.05, 3.63) is 52.7 Å². The molecule has 0 fully saturated rings. The third-order valence-corrected chi connectivity index (χ3v) is 4.88. The summed E-state index contributed by atoms with van der Waals surface area (Å²) in [5, 5.41) is 6.61. The van der Waals surface area contributed by atoms with Crippen molar-refractivity contribution in [2.45, 2.75) is 13.8 Å². The normalized spacial score (nSPS) is 10.4. The van der Waals surface area contributed by atoms with E-state index in [4.69, 9.17) is 9.47 Å². The molecule has 27 heavy (non-hydrogen) atoms. The first-order chi connectivity index (χ1) is 13.0. The number of thiazole rings is 1. The van der Waals surface area contributed by atoms with Crippen LogP contribution in [0, 0.1) is 13.8 Å². The average molecular weight is 384 g/mol. The van der Waals surface area contributed by atoms with Gasteiger partial charge in [0.15, 0.2) is 5.13 Å². The Morgan fingerprint density at radius 3 is 2.63 bits per heavy atom. The van der Waals surface area contributed by atoms with Crippen molar-refractivity contribution in [1.82, 2.24) is 9.97 Å². The Bertz CT molecular complexity index is 971. The van der Waals surface area contributed by atoms with Gasteiger partial charge in [-0.2, -0.15) is 0 Å². The molecule has 8 heteroatoms. The molecule has 0 radical (unpaired) electrons. The quantitative estimate of drug-likeness (QED) is 0.663. The first-order valence-corrected chi connectivity index (χ1v) is 9.02. The molecule has 0 aliphatic rings. The van der Waals surface area contributed by atoms with Crippen LogP contribution in [0.15, 0.2) is 36.5 Å². The lowest BCUT2D eigenvalue weighted by Crippen LogP contribution is -2.12. The number of ether oxygens (including phenoxy) is 2. The van der Waals surface area contributed by atoms with Crippen LogP contribution in [0.3, 0.4) is 0 Å². The van der Waals surface area contributed by atoms with E-state index in [9.17, 15) is 4.79 Å². The second kappa shape index (κ2) is 8.05. The zero-order chi connectivity index (χ0) is 19.4. The molecule has 7 nitrogen and oxygen atoms in total. The van der Waals surface area contributed by atoms with Crippen molar-refractivity contribution in [2.24, 2.45) is 0 Å². The molecule has 2 aromatic heterocycles. The van der Waals surface area contributed by atoms with E-state index in [1.54, 1.807) is 45.5 Å². The molecule has 0 spiro atoms. The van der Waals surface area contributed by atoms with Crippen molar-refractivity contribution in [1.29, 1.82) is 0 Å². The lowest BCUT2D eigenvalue weighted by Gasteiger charge is -2.11. The predicted molar refractivity (Wildman–Crippen MR) is 107 cm³/mol. The van der Waals surface area contributed by atoms with Gasteiger partial charge in [-0.15, -0.1) is 0 Å². The van der Waals surface area contributed by atoms with Gasteiger partial charge in [0.1, 0.15) is 22.2 Å². The van der Waals surface area contributed by atoms with Crippen LogP contribution < -0.4 is 20.1 Å². The zero-order valence-corrected chi connectivity index (χ0v) is 16.3. The maximum absolute atomic E-state index is 12.7. The highest BCUT2D eigenvalue weighted by molar-refractivity contribution is 7.17. The molecule has 2 N–H and O–H groups in total. The summed E-state index contributed by atoms with van der Waals surface area (Å²) in [4.78, 5) is 21.9. The number of aromatic nitrogens is 2. The molecule has 0 aliphatic heterocycles. The van der Waals surface area contributed by atoms with Gasteiger partial charge in [-0.1, -0.05) is 11.3 Å². The second-order valence-corrected chi connectivity index (χ2v) is 6.80. The van der Waals surface area contributed by atoms with Crippen LogP contribution in [0.2, 0.25) is 0 Å². The zero-order valence-electron chi connectivity index (χ0n) is 15.5. The molecule has 0 atom stereocenters. The number of amides is 1. The maximum Gasteiger partial charge on any atom is 0.267 e. The third kappa shape index (κ3) is 4.35. The highest BCUT2D eigenvalue weighted by Crippen LogP contribution is 2.31. The van der Waals surface area contributed by atoms with Crippen molar-refractivity contribution >= 4 is 33.9 Å². The Morgan fingerprint density at radius 2 is 1.93 bits per heavy atom. The Morgan fingerprint density at radius 1 is 1.11 bits per heavy atom. The van der Waals surface area contributed by atoms with E-state index < -0.39 is 0 Å². The topological polar surface area (TPSA) is 85.4 Å². The first-order valence-electron chi connectivity index (χ1n) is 8.20. The number of aryl methyl sites for hydroxylation is 2. The Kier molecular flexibility index (Phi) is 5.56. The van der Waals surface area contributed by atoms with Crippen molar-refractivity contribution in [2.75, 3.05) is 24.9 Å². The van der Waals surface area contributed by atoms with Gasteiger partial charge in [-0.3, -0.25) is 4.79 Å². The van der Waals surface area contributed by atoms with Gasteiger partial charge in [0.25, 0.3) is 5.91 Å². The lowest BCUT2D eigenvalue weighted by molar-refractivity contribution is 0.102. The van der Waals surface area contributed by atoms with Crippen LogP contribution in [0.1, 0.15) is 20.9 Å². The van der Waals surface area contributed by atoms with Crippen LogP contribution in [0.5, 0.6) is 11.5 Å². The number of hydrogen-bond acceptors (Lipinski definition) is 7. The minimum atomic E-state index is -0.251. The fourth-order valence-electron chi connectivity index (χ4n) is 2.46. The standard InChI is InChI=1S/C19H20N4O3S/c1-11-7-8-20-16(9-11)23-19-21-12(2)17(27-19)18(24)22-14-6-5-13(25-3)10-15(14)26-4/h5-10H,1-4H3,(H,22,24)(H,20,21,23). The third-order valence-electron chi connectivity index (χ3n) is 3.81. The smallest absolute Gasteiger partial charge is 0.267 e. The maximum atomic E-state index is 12.7. The number of carbonyl (C=O) groups is 1. The number of hydrogen-bond donors (Lipinski definition) is 2. The van der Waals surface area contributed by atoms with Crippen molar-refractivity contribution in [3.63, 3.8) is 0 Å². The fraction of sp³-hybridized carbons (Fsp3) is 0.211. The highest BCUT2D eigenvalue weighted by Gasteiger charge is 2.17. The van der Waals surface area contributed by atoms with E-state index in [1.807, 2.05) is 19.1 Å². The fourth-order valence-corrected chi connectivity index (χ4v) is 3.32. The highest BCUT2D eigenvalue weighted by atomic mass is 32.1. The van der Waals surface area contributed by atoms with Crippen molar-refractivity contribution < 1.29 is 14.3 Å². The van der Waals surface area contributed by atoms with Gasteiger partial charge in [-0.05, 0) is 43.7 Å². The largest absolute Gasteiger partial charge is 0.497 e. The number of nitrogens with one attached hydrogen (secondary N) is 2. The second-order valence-electron chi connectivity index (χ2n) is 5.80. The van der Waals surface area contributed by atoms with Gasteiger partial charge in [-0.25, -0.2) is 9.97 Å². The van der Waals surface area contributed by atoms with Crippen LogP contribution in [0.25, 0.3) is 0 Å². The molecule has 3 aromatic rings. The molecule has 3 rings (SSSR count). The number of methoxy groups -OCH3 is 2. The van der Waals surface area contributed by atoms with E-state index in [1.165, 1.54) is 11.3 Å². The molecule has 0 aliphatic carbocycles. The minimum Gasteiger partial charge on any atom is -0.497 e. The number of rotatable bonds is 6. The average Bonchev–Trinajstić information content (AvgIpc) is 3.02. The Balaban J connectivity index is 1.78. The SMILES string of the molecule is COc1ccc(NC(=O)c2sc(Nc3cc(C)ccn3)nc2C)c(OC)c1. The van der Waals surface area contributed by atoms with Gasteiger partial charge >= 0.3 is 0 Å². The molecule has 0 bridgehead atoms. The van der Waals surface area contributed by atoms with Crippen LogP contribution >= 0.6 is 11.3 Å². The molecular weight excluding hydrogens is 364 g/mol. The van der Waals surface area contributed by atoms with Crippen LogP contribution in [0.4, 0.5) is 16.6 Å². The number of benzene rings is 1. The van der Waals surface area contributed by atoms with Gasteiger partial charge in [0.2, 0.25) is 0 Å². The molecule has 140 valence electrons. The van der Waals surface area contributed by atoms with Gasteiger partial charge in [0.05, 0.1) is 25.6 Å². The Hall–Kier alpha value is -3.13. The van der Waals surface area contributed by atoms with Gasteiger partial charge in [0, 0.05) is 12.3 Å². The lowest BCUT2D eigenvalue weighted by atomic mass is 10.2. The van der Waals surface area contributed by atoms with Crippen LogP contribution in [-0.2, 0) is 0 Å². The number of pyridine rings is 1. The number of nitrogens with zero attached hydrogens (tertiary/aromatic N) is 2. The molecular formula is C19H20N4O3S. The summed E-state index contributed by atoms with van der Waals surface area (Å²) in [6, 6.07) is 9.04. The molecule has 2 heterocycles. The monoisotopic (exact) mass is 384 g/mol. The molecule has 1 aromatic carbocycles.